The van der Waals surface area contributed by atoms with Crippen molar-refractivity contribution >= 4 is 11.5 Å². The molecule has 1 aliphatic heterocycles. The SMILES string of the molecule is NC1=Nc2ccccc2C(N)(C2CCC(NCc3cccc(OC(F)(F)F)c3)CC2)C1. The zero-order chi connectivity index (χ0) is 22.1. The van der Waals surface area contributed by atoms with Crippen molar-refractivity contribution in [2.45, 2.75) is 56.6 Å². The van der Waals surface area contributed by atoms with Gasteiger partial charge in [-0.2, -0.15) is 0 Å². The molecular weight excluding hydrogens is 405 g/mol. The van der Waals surface area contributed by atoms with Gasteiger partial charge in [0.2, 0.25) is 0 Å². The molecule has 0 aromatic heterocycles. The van der Waals surface area contributed by atoms with E-state index in [0.717, 1.165) is 42.5 Å². The average Bonchev–Trinajstić information content (AvgIpc) is 2.71. The number of fused-ring (bicyclic) bond motifs is 1. The summed E-state index contributed by atoms with van der Waals surface area (Å²) in [5, 5.41) is 3.47. The van der Waals surface area contributed by atoms with Gasteiger partial charge < -0.3 is 21.5 Å². The molecule has 2 aliphatic rings. The van der Waals surface area contributed by atoms with Crippen LogP contribution < -0.4 is 21.5 Å². The first kappa shape index (κ1) is 21.6. The minimum atomic E-state index is -4.69. The number of para-hydroxylation sites is 1. The van der Waals surface area contributed by atoms with Crippen LogP contribution in [-0.2, 0) is 12.1 Å². The first-order valence-electron chi connectivity index (χ1n) is 10.5. The van der Waals surface area contributed by atoms with Gasteiger partial charge in [-0.25, -0.2) is 4.99 Å². The summed E-state index contributed by atoms with van der Waals surface area (Å²) in [6, 6.07) is 14.3. The summed E-state index contributed by atoms with van der Waals surface area (Å²) in [5.74, 6) is 0.669. The fourth-order valence-corrected chi connectivity index (χ4v) is 4.85. The standard InChI is InChI=1S/C23H27F3N4O/c24-23(25,26)31-18-5-3-4-15(12-18)14-29-17-10-8-16(9-11-17)22(28)13-21(27)30-20-7-2-1-6-19(20)22/h1-7,12,16-17,29H,8-11,13-14,28H2,(H2,27,30). The van der Waals surface area contributed by atoms with Gasteiger partial charge in [0.1, 0.15) is 11.6 Å². The number of ether oxygens (including phenoxy) is 1. The Bertz CT molecular complexity index is 954. The molecule has 1 saturated carbocycles. The normalized spacial score (nSPS) is 26.1. The summed E-state index contributed by atoms with van der Waals surface area (Å²) in [4.78, 5) is 4.46. The second-order valence-electron chi connectivity index (χ2n) is 8.46. The predicted octanol–water partition coefficient (Wildman–Crippen LogP) is 4.48. The number of halogens is 3. The monoisotopic (exact) mass is 432 g/mol. The van der Waals surface area contributed by atoms with E-state index in [-0.39, 0.29) is 11.8 Å². The van der Waals surface area contributed by atoms with E-state index < -0.39 is 11.9 Å². The van der Waals surface area contributed by atoms with Crippen molar-refractivity contribution in [1.29, 1.82) is 0 Å². The smallest absolute Gasteiger partial charge is 0.406 e. The van der Waals surface area contributed by atoms with Gasteiger partial charge in [0.15, 0.2) is 0 Å². The molecule has 4 rings (SSSR count). The molecule has 5 N–H and O–H groups in total. The molecule has 1 unspecified atom stereocenters. The van der Waals surface area contributed by atoms with Gasteiger partial charge in [0.25, 0.3) is 0 Å². The fraction of sp³-hybridized carbons (Fsp3) is 0.435. The number of benzene rings is 2. The van der Waals surface area contributed by atoms with Gasteiger partial charge in [0.05, 0.1) is 11.2 Å². The molecule has 0 bridgehead atoms. The largest absolute Gasteiger partial charge is 0.573 e. The van der Waals surface area contributed by atoms with Crippen LogP contribution in [0.4, 0.5) is 18.9 Å². The van der Waals surface area contributed by atoms with Gasteiger partial charge in [-0.3, -0.25) is 0 Å². The summed E-state index contributed by atoms with van der Waals surface area (Å²) < 4.78 is 41.3. The van der Waals surface area contributed by atoms with E-state index in [4.69, 9.17) is 11.5 Å². The van der Waals surface area contributed by atoms with Crippen molar-refractivity contribution in [3.05, 3.63) is 59.7 Å². The summed E-state index contributed by atoms with van der Waals surface area (Å²) in [7, 11) is 0. The summed E-state index contributed by atoms with van der Waals surface area (Å²) in [6.07, 6.45) is -0.337. The minimum absolute atomic E-state index is 0.198. The molecule has 0 amide bonds. The Labute approximate surface area is 179 Å². The number of nitrogens with zero attached hydrogens (tertiary/aromatic N) is 1. The van der Waals surface area contributed by atoms with Gasteiger partial charge >= 0.3 is 6.36 Å². The van der Waals surface area contributed by atoms with Gasteiger partial charge in [0, 0.05) is 19.0 Å². The number of alkyl halides is 3. The van der Waals surface area contributed by atoms with Crippen LogP contribution in [0.5, 0.6) is 5.75 Å². The summed E-state index contributed by atoms with van der Waals surface area (Å²) >= 11 is 0. The number of aliphatic imine (C=N–C) groups is 1. The van der Waals surface area contributed by atoms with Gasteiger partial charge in [-0.1, -0.05) is 30.3 Å². The zero-order valence-electron chi connectivity index (χ0n) is 17.2. The summed E-state index contributed by atoms with van der Waals surface area (Å²) in [5.41, 5.74) is 15.2. The fourth-order valence-electron chi connectivity index (χ4n) is 4.85. The average molecular weight is 432 g/mol. The second-order valence-corrected chi connectivity index (χ2v) is 8.46. The number of rotatable bonds is 5. The van der Waals surface area contributed by atoms with E-state index in [9.17, 15) is 13.2 Å². The number of amidine groups is 1. The lowest BCUT2D eigenvalue weighted by molar-refractivity contribution is -0.274. The highest BCUT2D eigenvalue weighted by molar-refractivity contribution is 5.87. The Kier molecular flexibility index (Phi) is 5.94. The third kappa shape index (κ3) is 5.02. The molecule has 2 aromatic carbocycles. The van der Waals surface area contributed by atoms with E-state index in [2.05, 4.69) is 15.0 Å². The lowest BCUT2D eigenvalue weighted by Gasteiger charge is -2.44. The quantitative estimate of drug-likeness (QED) is 0.650. The molecule has 1 heterocycles. The predicted molar refractivity (Wildman–Crippen MR) is 114 cm³/mol. The third-order valence-electron chi connectivity index (χ3n) is 6.33. The topological polar surface area (TPSA) is 85.7 Å². The molecule has 0 saturated heterocycles. The Hall–Kier alpha value is -2.58. The number of hydrogen-bond donors (Lipinski definition) is 3. The third-order valence-corrected chi connectivity index (χ3v) is 6.33. The van der Waals surface area contributed by atoms with Crippen LogP contribution in [0.2, 0.25) is 0 Å². The molecule has 2 aromatic rings. The number of hydrogen-bond acceptors (Lipinski definition) is 5. The van der Waals surface area contributed by atoms with Crippen LogP contribution in [0.3, 0.4) is 0 Å². The molecule has 1 fully saturated rings. The highest BCUT2D eigenvalue weighted by Crippen LogP contribution is 2.45. The summed E-state index contributed by atoms with van der Waals surface area (Å²) in [6.45, 7) is 0.487. The first-order chi connectivity index (χ1) is 14.7. The van der Waals surface area contributed by atoms with Gasteiger partial charge in [-0.05, 0) is 60.9 Å². The molecule has 0 spiro atoms. The van der Waals surface area contributed by atoms with Crippen molar-refractivity contribution < 1.29 is 17.9 Å². The maximum absolute atomic E-state index is 12.4. The van der Waals surface area contributed by atoms with Crippen molar-refractivity contribution in [2.75, 3.05) is 0 Å². The number of nitrogens with one attached hydrogen (secondary N) is 1. The Morgan fingerprint density at radius 1 is 1.06 bits per heavy atom. The van der Waals surface area contributed by atoms with Crippen LogP contribution in [0.15, 0.2) is 53.5 Å². The van der Waals surface area contributed by atoms with Crippen LogP contribution >= 0.6 is 0 Å². The van der Waals surface area contributed by atoms with Crippen molar-refractivity contribution in [1.82, 2.24) is 5.32 Å². The van der Waals surface area contributed by atoms with Gasteiger partial charge in [-0.15, -0.1) is 13.2 Å². The van der Waals surface area contributed by atoms with E-state index in [1.165, 1.54) is 12.1 Å². The van der Waals surface area contributed by atoms with Crippen molar-refractivity contribution in [3.8, 4) is 5.75 Å². The Balaban J connectivity index is 1.35. The lowest BCUT2D eigenvalue weighted by atomic mass is 9.67. The van der Waals surface area contributed by atoms with Crippen LogP contribution in [0, 0.1) is 5.92 Å². The van der Waals surface area contributed by atoms with E-state index in [1.54, 1.807) is 12.1 Å². The lowest BCUT2D eigenvalue weighted by Crippen LogP contribution is -2.50. The molecule has 166 valence electrons. The van der Waals surface area contributed by atoms with E-state index in [0.29, 0.717) is 24.7 Å². The van der Waals surface area contributed by atoms with E-state index >= 15 is 0 Å². The second kappa shape index (κ2) is 8.51. The highest BCUT2D eigenvalue weighted by Gasteiger charge is 2.42. The maximum Gasteiger partial charge on any atom is 0.573 e. The van der Waals surface area contributed by atoms with Crippen molar-refractivity contribution in [2.24, 2.45) is 22.4 Å². The molecule has 31 heavy (non-hydrogen) atoms. The van der Waals surface area contributed by atoms with Crippen LogP contribution in [-0.4, -0.2) is 18.2 Å². The van der Waals surface area contributed by atoms with Crippen LogP contribution in [0.1, 0.15) is 43.2 Å². The molecule has 8 heteroatoms. The Morgan fingerprint density at radius 3 is 2.55 bits per heavy atom. The molecule has 1 aliphatic carbocycles. The van der Waals surface area contributed by atoms with E-state index in [1.807, 2.05) is 24.3 Å². The molecule has 1 atom stereocenters. The zero-order valence-corrected chi connectivity index (χ0v) is 17.2. The number of nitrogens with two attached hydrogens (primary N) is 2. The Morgan fingerprint density at radius 2 is 1.81 bits per heavy atom. The molecular formula is C23H27F3N4O. The molecule has 0 radical (unpaired) electrons. The molecule has 5 nitrogen and oxygen atoms in total. The van der Waals surface area contributed by atoms with Crippen LogP contribution in [0.25, 0.3) is 0 Å². The minimum Gasteiger partial charge on any atom is -0.406 e. The first-order valence-corrected chi connectivity index (χ1v) is 10.5. The van der Waals surface area contributed by atoms with Crippen molar-refractivity contribution in [3.63, 3.8) is 0 Å². The maximum atomic E-state index is 12.4. The highest BCUT2D eigenvalue weighted by atomic mass is 19.4.